The number of urea groups is 1. The minimum atomic E-state index is -0.474. The van der Waals surface area contributed by atoms with Crippen LogP contribution in [0.3, 0.4) is 0 Å². The SMILES string of the molecule is CCOc1ccc(C2=NC(c3ccc(Cl)cc3)C(c3ccc(Cl)cc3)N2C(=O)N2CCN(C(C)=O)CC2)c(OCC)c1. The largest absolute Gasteiger partial charge is 0.494 e. The Balaban J connectivity index is 1.65. The minimum Gasteiger partial charge on any atom is -0.494 e. The average Bonchev–Trinajstić information content (AvgIpc) is 3.38. The summed E-state index contributed by atoms with van der Waals surface area (Å²) < 4.78 is 11.8. The molecule has 3 aromatic rings. The van der Waals surface area contributed by atoms with Crippen LogP contribution in [0.25, 0.3) is 0 Å². The van der Waals surface area contributed by atoms with E-state index in [-0.39, 0.29) is 11.9 Å². The van der Waals surface area contributed by atoms with Gasteiger partial charge in [-0.2, -0.15) is 0 Å². The number of carbonyl (C=O) groups excluding carboxylic acids is 2. The van der Waals surface area contributed by atoms with Crippen LogP contribution in [0.5, 0.6) is 11.5 Å². The molecular weight excluding hydrogens is 575 g/mol. The van der Waals surface area contributed by atoms with Crippen LogP contribution in [-0.4, -0.2) is 71.9 Å². The molecule has 0 N–H and O–H groups in total. The summed E-state index contributed by atoms with van der Waals surface area (Å²) in [5.41, 5.74) is 2.49. The second-order valence-electron chi connectivity index (χ2n) is 10.1. The van der Waals surface area contributed by atoms with Gasteiger partial charge < -0.3 is 19.3 Å². The number of halogens is 2. The molecule has 42 heavy (non-hydrogen) atoms. The number of hydrogen-bond acceptors (Lipinski definition) is 5. The fourth-order valence-electron chi connectivity index (χ4n) is 5.44. The number of aliphatic imine (C=N–C) groups is 1. The number of piperazine rings is 1. The maximum Gasteiger partial charge on any atom is 0.326 e. The second kappa shape index (κ2) is 13.0. The molecule has 0 saturated carbocycles. The minimum absolute atomic E-state index is 0.00288. The highest BCUT2D eigenvalue weighted by molar-refractivity contribution is 6.30. The van der Waals surface area contributed by atoms with E-state index >= 15 is 0 Å². The molecule has 2 unspecified atom stereocenters. The Labute approximate surface area is 256 Å². The van der Waals surface area contributed by atoms with E-state index in [9.17, 15) is 9.59 Å². The molecule has 1 saturated heterocycles. The van der Waals surface area contributed by atoms with Crippen molar-refractivity contribution in [2.75, 3.05) is 39.4 Å². The van der Waals surface area contributed by atoms with Crippen LogP contribution in [0.2, 0.25) is 10.0 Å². The van der Waals surface area contributed by atoms with E-state index in [0.29, 0.717) is 72.3 Å². The molecule has 2 atom stereocenters. The quantitative estimate of drug-likeness (QED) is 0.302. The lowest BCUT2D eigenvalue weighted by Crippen LogP contribution is -2.54. The number of amides is 3. The highest BCUT2D eigenvalue weighted by Gasteiger charge is 2.45. The Morgan fingerprint density at radius 3 is 1.95 bits per heavy atom. The van der Waals surface area contributed by atoms with Crippen molar-refractivity contribution in [2.24, 2.45) is 4.99 Å². The van der Waals surface area contributed by atoms with Crippen LogP contribution in [0.4, 0.5) is 4.79 Å². The first-order valence-electron chi connectivity index (χ1n) is 14.1. The molecule has 0 aliphatic carbocycles. The molecule has 2 aliphatic heterocycles. The van der Waals surface area contributed by atoms with Gasteiger partial charge in [-0.1, -0.05) is 47.5 Å². The predicted molar refractivity (Wildman–Crippen MR) is 165 cm³/mol. The van der Waals surface area contributed by atoms with Gasteiger partial charge >= 0.3 is 6.03 Å². The molecule has 1 fully saturated rings. The van der Waals surface area contributed by atoms with Crippen molar-refractivity contribution >= 4 is 41.0 Å². The third-order valence-corrected chi connectivity index (χ3v) is 8.00. The van der Waals surface area contributed by atoms with Gasteiger partial charge in [0.2, 0.25) is 5.91 Å². The summed E-state index contributed by atoms with van der Waals surface area (Å²) in [5.74, 6) is 1.75. The van der Waals surface area contributed by atoms with Crippen LogP contribution < -0.4 is 9.47 Å². The Bertz CT molecular complexity index is 1450. The van der Waals surface area contributed by atoms with Crippen molar-refractivity contribution in [3.05, 3.63) is 93.5 Å². The van der Waals surface area contributed by atoms with E-state index in [1.165, 1.54) is 0 Å². The summed E-state index contributed by atoms with van der Waals surface area (Å²) >= 11 is 12.5. The summed E-state index contributed by atoms with van der Waals surface area (Å²) in [7, 11) is 0. The number of rotatable bonds is 7. The standard InChI is InChI=1S/C32H34Cl2N4O4/c1-4-41-26-14-15-27(28(20-26)42-5-2)31-35-29(22-6-10-24(33)11-7-22)30(23-8-12-25(34)13-9-23)38(31)32(40)37-18-16-36(17-19-37)21(3)39/h6-15,20,29-30H,4-5,16-19H2,1-3H3. The lowest BCUT2D eigenvalue weighted by molar-refractivity contribution is -0.130. The summed E-state index contributed by atoms with van der Waals surface area (Å²) in [4.78, 5) is 37.1. The second-order valence-corrected chi connectivity index (χ2v) is 11.0. The van der Waals surface area contributed by atoms with Crippen molar-refractivity contribution in [1.29, 1.82) is 0 Å². The summed E-state index contributed by atoms with van der Waals surface area (Å²) in [6.45, 7) is 8.12. The number of nitrogens with zero attached hydrogens (tertiary/aromatic N) is 4. The Morgan fingerprint density at radius 1 is 0.810 bits per heavy atom. The van der Waals surface area contributed by atoms with Gasteiger partial charge in [-0.25, -0.2) is 4.79 Å². The van der Waals surface area contributed by atoms with Gasteiger partial charge in [-0.05, 0) is 61.4 Å². The lowest BCUT2D eigenvalue weighted by Gasteiger charge is -2.39. The van der Waals surface area contributed by atoms with Gasteiger partial charge in [0.25, 0.3) is 0 Å². The van der Waals surface area contributed by atoms with Crippen molar-refractivity contribution in [3.63, 3.8) is 0 Å². The molecule has 0 bridgehead atoms. The summed E-state index contributed by atoms with van der Waals surface area (Å²) in [6.07, 6.45) is 0. The maximum absolute atomic E-state index is 14.5. The van der Waals surface area contributed by atoms with Gasteiger partial charge in [0.15, 0.2) is 0 Å². The maximum atomic E-state index is 14.5. The van der Waals surface area contributed by atoms with Crippen LogP contribution in [-0.2, 0) is 4.79 Å². The number of carbonyl (C=O) groups is 2. The molecule has 2 aliphatic rings. The van der Waals surface area contributed by atoms with Crippen LogP contribution in [0, 0.1) is 0 Å². The van der Waals surface area contributed by atoms with Gasteiger partial charge in [0.05, 0.1) is 24.8 Å². The van der Waals surface area contributed by atoms with Crippen LogP contribution in [0.15, 0.2) is 71.7 Å². The number of amidine groups is 1. The fourth-order valence-corrected chi connectivity index (χ4v) is 5.69. The summed E-state index contributed by atoms with van der Waals surface area (Å²) in [5, 5.41) is 1.22. The third-order valence-electron chi connectivity index (χ3n) is 7.50. The number of ether oxygens (including phenoxy) is 2. The molecule has 0 spiro atoms. The monoisotopic (exact) mass is 608 g/mol. The highest BCUT2D eigenvalue weighted by Crippen LogP contribution is 2.45. The molecule has 0 aromatic heterocycles. The van der Waals surface area contributed by atoms with Gasteiger partial charge in [-0.3, -0.25) is 14.7 Å². The van der Waals surface area contributed by atoms with Crippen molar-refractivity contribution in [3.8, 4) is 11.5 Å². The smallest absolute Gasteiger partial charge is 0.326 e. The number of benzene rings is 3. The van der Waals surface area contributed by atoms with Gasteiger partial charge in [0.1, 0.15) is 23.4 Å². The first-order valence-corrected chi connectivity index (χ1v) is 14.9. The molecule has 3 amide bonds. The normalized spacial score (nSPS) is 18.6. The van der Waals surface area contributed by atoms with E-state index in [2.05, 4.69) is 0 Å². The lowest BCUT2D eigenvalue weighted by atomic mass is 9.93. The molecule has 8 nitrogen and oxygen atoms in total. The zero-order valence-electron chi connectivity index (χ0n) is 23.9. The molecule has 0 radical (unpaired) electrons. The molecule has 5 rings (SSSR count). The zero-order chi connectivity index (χ0) is 29.8. The Kier molecular flexibility index (Phi) is 9.24. The van der Waals surface area contributed by atoms with E-state index < -0.39 is 12.1 Å². The van der Waals surface area contributed by atoms with Crippen molar-refractivity contribution in [1.82, 2.24) is 14.7 Å². The van der Waals surface area contributed by atoms with Crippen LogP contribution in [0.1, 0.15) is 49.5 Å². The van der Waals surface area contributed by atoms with E-state index in [1.54, 1.807) is 21.6 Å². The fraction of sp³-hybridized carbons (Fsp3) is 0.344. The zero-order valence-corrected chi connectivity index (χ0v) is 25.4. The topological polar surface area (TPSA) is 74.7 Å². The summed E-state index contributed by atoms with van der Waals surface area (Å²) in [6, 6.07) is 19.6. The molecular formula is C32H34Cl2N4O4. The molecule has 220 valence electrons. The Morgan fingerprint density at radius 2 is 1.38 bits per heavy atom. The molecule has 2 heterocycles. The highest BCUT2D eigenvalue weighted by atomic mass is 35.5. The first kappa shape index (κ1) is 29.7. The Hall–Kier alpha value is -3.75. The van der Waals surface area contributed by atoms with E-state index in [4.69, 9.17) is 37.7 Å². The van der Waals surface area contributed by atoms with Crippen molar-refractivity contribution < 1.29 is 19.1 Å². The first-order chi connectivity index (χ1) is 20.3. The van der Waals surface area contributed by atoms with Gasteiger partial charge in [0, 0.05) is 49.2 Å². The molecule has 3 aromatic carbocycles. The van der Waals surface area contributed by atoms with E-state index in [1.807, 2.05) is 80.6 Å². The van der Waals surface area contributed by atoms with Gasteiger partial charge in [-0.15, -0.1) is 0 Å². The van der Waals surface area contributed by atoms with Crippen molar-refractivity contribution in [2.45, 2.75) is 32.9 Å². The van der Waals surface area contributed by atoms with E-state index in [0.717, 1.165) is 11.1 Å². The predicted octanol–water partition coefficient (Wildman–Crippen LogP) is 6.62. The van der Waals surface area contributed by atoms with Crippen LogP contribution >= 0.6 is 23.2 Å². The molecule has 10 heteroatoms. The third kappa shape index (κ3) is 6.20. The average molecular weight is 610 g/mol. The number of hydrogen-bond donors (Lipinski definition) is 0.